The number of aliphatic carboxylic acids is 1. The fourth-order valence-corrected chi connectivity index (χ4v) is 3.88. The number of alkyl carbamates (subject to hydrolysis) is 1. The van der Waals surface area contributed by atoms with Crippen LogP contribution in [0, 0.1) is 0 Å². The molecule has 2 N–H and O–H groups in total. The average Bonchev–Trinajstić information content (AvgIpc) is 3.12. The van der Waals surface area contributed by atoms with Crippen LogP contribution >= 0.6 is 0 Å². The Morgan fingerprint density at radius 3 is 2.22 bits per heavy atom. The minimum absolute atomic E-state index is 0.0838. The van der Waals surface area contributed by atoms with E-state index >= 15 is 0 Å². The second-order valence-corrected chi connectivity index (χ2v) is 7.67. The molecule has 170 valence electrons. The lowest BCUT2D eigenvalue weighted by atomic mass is 9.98. The largest absolute Gasteiger partial charge is 0.479 e. The lowest BCUT2D eigenvalue weighted by molar-refractivity contribution is -0.187. The van der Waals surface area contributed by atoms with Gasteiger partial charge in [-0.1, -0.05) is 68.3 Å². The van der Waals surface area contributed by atoms with E-state index in [-0.39, 0.29) is 12.5 Å². The molecule has 2 aromatic rings. The molecule has 0 heterocycles. The van der Waals surface area contributed by atoms with Crippen LogP contribution < -0.4 is 5.32 Å². The summed E-state index contributed by atoms with van der Waals surface area (Å²) in [5, 5.41) is 12.2. The van der Waals surface area contributed by atoms with Crippen LogP contribution in [-0.4, -0.2) is 54.4 Å². The van der Waals surface area contributed by atoms with Crippen LogP contribution in [0.5, 0.6) is 0 Å². The minimum atomic E-state index is -1.20. The Balaban J connectivity index is 1.64. The highest BCUT2D eigenvalue weighted by molar-refractivity contribution is 5.85. The molecule has 1 aliphatic rings. The molecule has 1 aliphatic carbocycles. The van der Waals surface area contributed by atoms with E-state index in [0.29, 0.717) is 12.8 Å². The lowest BCUT2D eigenvalue weighted by Crippen LogP contribution is -2.48. The van der Waals surface area contributed by atoms with Gasteiger partial charge in [-0.2, -0.15) is 0 Å². The zero-order valence-electron chi connectivity index (χ0n) is 18.2. The molecule has 0 spiro atoms. The number of carbonyl (C=O) groups is 3. The highest BCUT2D eigenvalue weighted by Crippen LogP contribution is 2.44. The average molecular weight is 440 g/mol. The van der Waals surface area contributed by atoms with E-state index in [4.69, 9.17) is 14.7 Å². The topological polar surface area (TPSA) is 105 Å². The van der Waals surface area contributed by atoms with Crippen LogP contribution in [0.3, 0.4) is 0 Å². The summed E-state index contributed by atoms with van der Waals surface area (Å²) in [6.45, 7) is 1.47. The second-order valence-electron chi connectivity index (χ2n) is 7.67. The van der Waals surface area contributed by atoms with Crippen LogP contribution in [-0.2, 0) is 19.2 Å². The second kappa shape index (κ2) is 10.8. The number of nitrogens with zero attached hydrogens (tertiary/aromatic N) is 1. The maximum atomic E-state index is 12.6. The quantitative estimate of drug-likeness (QED) is 0.548. The number of hydrogen-bond donors (Lipinski definition) is 2. The van der Waals surface area contributed by atoms with Gasteiger partial charge >= 0.3 is 12.1 Å². The van der Waals surface area contributed by atoms with Crippen LogP contribution in [0.2, 0.25) is 0 Å². The van der Waals surface area contributed by atoms with Crippen molar-refractivity contribution in [3.8, 4) is 11.1 Å². The smallest absolute Gasteiger partial charge is 0.407 e. The number of nitrogens with one attached hydrogen (secondary N) is 1. The summed E-state index contributed by atoms with van der Waals surface area (Å²) in [6.07, 6.45) is 1.22. The van der Waals surface area contributed by atoms with Gasteiger partial charge in [-0.25, -0.2) is 14.7 Å². The van der Waals surface area contributed by atoms with E-state index in [1.54, 1.807) is 0 Å². The van der Waals surface area contributed by atoms with E-state index in [1.807, 2.05) is 43.3 Å². The first-order chi connectivity index (χ1) is 15.4. The van der Waals surface area contributed by atoms with Crippen molar-refractivity contribution in [3.05, 3.63) is 59.7 Å². The first-order valence-electron chi connectivity index (χ1n) is 10.7. The summed E-state index contributed by atoms with van der Waals surface area (Å²) in [7, 11) is 1.32. The third-order valence-corrected chi connectivity index (χ3v) is 5.47. The number of carbonyl (C=O) groups excluding carboxylic acids is 2. The molecule has 2 amide bonds. The van der Waals surface area contributed by atoms with Gasteiger partial charge in [0.25, 0.3) is 5.91 Å². The third-order valence-electron chi connectivity index (χ3n) is 5.47. The fourth-order valence-electron chi connectivity index (χ4n) is 3.88. The Morgan fingerprint density at radius 1 is 1.06 bits per heavy atom. The molecule has 0 saturated carbocycles. The Hall–Kier alpha value is -3.39. The minimum Gasteiger partial charge on any atom is -0.479 e. The number of carboxylic acid groups (broad SMARTS) is 1. The number of hydroxylamine groups is 2. The zero-order chi connectivity index (χ0) is 23.1. The number of rotatable bonds is 10. The Labute approximate surface area is 187 Å². The SMILES string of the molecule is CCCC[C@H](NC(=O)OCC1c2ccccc2-c2ccccc21)C(=O)N(C)OCC(=O)O. The van der Waals surface area contributed by atoms with Crippen molar-refractivity contribution in [2.75, 3.05) is 20.3 Å². The van der Waals surface area contributed by atoms with Crippen molar-refractivity contribution in [1.82, 2.24) is 10.4 Å². The van der Waals surface area contributed by atoms with E-state index in [2.05, 4.69) is 17.4 Å². The summed E-state index contributed by atoms with van der Waals surface area (Å²) in [5.41, 5.74) is 4.46. The van der Waals surface area contributed by atoms with Crippen molar-refractivity contribution >= 4 is 18.0 Å². The number of likely N-dealkylation sites (N-methyl/N-ethyl adjacent to an activating group) is 1. The molecule has 0 fully saturated rings. The molecule has 8 heteroatoms. The van der Waals surface area contributed by atoms with Gasteiger partial charge in [-0.3, -0.25) is 9.63 Å². The zero-order valence-corrected chi connectivity index (χ0v) is 18.2. The van der Waals surface area contributed by atoms with Gasteiger partial charge in [-0.05, 0) is 28.7 Å². The molecule has 0 radical (unpaired) electrons. The number of hydrogen-bond acceptors (Lipinski definition) is 5. The highest BCUT2D eigenvalue weighted by atomic mass is 16.7. The number of ether oxygens (including phenoxy) is 1. The van der Waals surface area contributed by atoms with E-state index in [0.717, 1.165) is 33.7 Å². The highest BCUT2D eigenvalue weighted by Gasteiger charge is 2.30. The monoisotopic (exact) mass is 440 g/mol. The van der Waals surface area contributed by atoms with Crippen molar-refractivity contribution in [1.29, 1.82) is 0 Å². The maximum Gasteiger partial charge on any atom is 0.407 e. The summed E-state index contributed by atoms with van der Waals surface area (Å²) < 4.78 is 5.52. The normalized spacial score (nSPS) is 13.1. The summed E-state index contributed by atoms with van der Waals surface area (Å²) in [5.74, 6) is -1.81. The molecule has 8 nitrogen and oxygen atoms in total. The molecule has 0 saturated heterocycles. The number of fused-ring (bicyclic) bond motifs is 3. The molecule has 0 bridgehead atoms. The Morgan fingerprint density at radius 2 is 1.66 bits per heavy atom. The van der Waals surface area contributed by atoms with Gasteiger partial charge in [0.05, 0.1) is 0 Å². The lowest BCUT2D eigenvalue weighted by Gasteiger charge is -2.23. The van der Waals surface area contributed by atoms with Gasteiger partial charge in [0.15, 0.2) is 6.61 Å². The first kappa shape index (κ1) is 23.3. The molecule has 0 aromatic heterocycles. The Kier molecular flexibility index (Phi) is 7.83. The molecule has 3 rings (SSSR count). The van der Waals surface area contributed by atoms with Gasteiger partial charge in [0.1, 0.15) is 12.6 Å². The first-order valence-corrected chi connectivity index (χ1v) is 10.7. The molecular weight excluding hydrogens is 412 g/mol. The van der Waals surface area contributed by atoms with E-state index < -0.39 is 30.6 Å². The third kappa shape index (κ3) is 5.45. The van der Waals surface area contributed by atoms with Crippen LogP contribution in [0.4, 0.5) is 4.79 Å². The predicted octanol–water partition coefficient (Wildman–Crippen LogP) is 3.56. The van der Waals surface area contributed by atoms with E-state index in [1.165, 1.54) is 7.05 Å². The van der Waals surface area contributed by atoms with Crippen molar-refractivity contribution in [2.45, 2.75) is 38.1 Å². The molecule has 1 atom stereocenters. The number of amides is 2. The van der Waals surface area contributed by atoms with Gasteiger partial charge in [-0.15, -0.1) is 0 Å². The van der Waals surface area contributed by atoms with Crippen molar-refractivity contribution in [3.63, 3.8) is 0 Å². The van der Waals surface area contributed by atoms with Crippen LogP contribution in [0.15, 0.2) is 48.5 Å². The summed E-state index contributed by atoms with van der Waals surface area (Å²) in [4.78, 5) is 40.8. The predicted molar refractivity (Wildman–Crippen MR) is 118 cm³/mol. The molecule has 2 aromatic carbocycles. The van der Waals surface area contributed by atoms with Crippen LogP contribution in [0.25, 0.3) is 11.1 Å². The van der Waals surface area contributed by atoms with Gasteiger partial charge in [0.2, 0.25) is 0 Å². The molecular formula is C24H28N2O6. The fraction of sp³-hybridized carbons (Fsp3) is 0.375. The number of unbranched alkanes of at least 4 members (excludes halogenated alkanes) is 1. The summed E-state index contributed by atoms with van der Waals surface area (Å²) >= 11 is 0. The molecule has 0 aliphatic heterocycles. The van der Waals surface area contributed by atoms with E-state index in [9.17, 15) is 14.4 Å². The van der Waals surface area contributed by atoms with Gasteiger partial charge < -0.3 is 15.2 Å². The van der Waals surface area contributed by atoms with Crippen LogP contribution in [0.1, 0.15) is 43.2 Å². The maximum absolute atomic E-state index is 12.6. The molecule has 32 heavy (non-hydrogen) atoms. The number of benzene rings is 2. The van der Waals surface area contributed by atoms with Crippen molar-refractivity contribution in [2.24, 2.45) is 0 Å². The molecule has 0 unspecified atom stereocenters. The summed E-state index contributed by atoms with van der Waals surface area (Å²) in [6, 6.07) is 15.2. The van der Waals surface area contributed by atoms with Gasteiger partial charge in [0, 0.05) is 13.0 Å². The number of carboxylic acids is 1. The van der Waals surface area contributed by atoms with Crippen molar-refractivity contribution < 1.29 is 29.1 Å². The Bertz CT molecular complexity index is 931. The standard InChI is InChI=1S/C24H28N2O6/c1-3-4-13-21(23(29)26(2)32-15-22(27)28)25-24(30)31-14-20-18-11-7-5-9-16(18)17-10-6-8-12-19(17)20/h5-12,20-21H,3-4,13-15H2,1-2H3,(H,25,30)(H,27,28)/t21-/m0/s1.